The normalized spacial score (nSPS) is 18.4. The van der Waals surface area contributed by atoms with E-state index in [2.05, 4.69) is 21.5 Å². The minimum Gasteiger partial charge on any atom is -0.481 e. The van der Waals surface area contributed by atoms with E-state index in [1.165, 1.54) is 19.3 Å². The summed E-state index contributed by atoms with van der Waals surface area (Å²) in [6.07, 6.45) is 6.13. The molecule has 0 amide bonds. The lowest BCUT2D eigenvalue weighted by Crippen LogP contribution is -2.33. The van der Waals surface area contributed by atoms with E-state index < -0.39 is 0 Å². The molecule has 0 spiro atoms. The molecule has 2 aromatic rings. The monoisotopic (exact) mass is 293 g/mol. The van der Waals surface area contributed by atoms with Crippen LogP contribution in [0.5, 0.6) is 5.88 Å². The standard InChI is InChI=1S/C15H20ClN3O/c1-15(8-4-3-5-9-15)19-12(10-16)17-11-6-7-13(20-2)18-14(11)19/h6-7H,3-5,8-10H2,1-2H3. The van der Waals surface area contributed by atoms with Gasteiger partial charge in [-0.1, -0.05) is 19.3 Å². The third kappa shape index (κ3) is 2.16. The van der Waals surface area contributed by atoms with Crippen molar-refractivity contribution in [1.29, 1.82) is 0 Å². The maximum Gasteiger partial charge on any atom is 0.215 e. The van der Waals surface area contributed by atoms with Gasteiger partial charge in [-0.3, -0.25) is 0 Å². The topological polar surface area (TPSA) is 39.9 Å². The Morgan fingerprint density at radius 3 is 2.65 bits per heavy atom. The van der Waals surface area contributed by atoms with Crippen molar-refractivity contribution in [1.82, 2.24) is 14.5 Å². The SMILES string of the molecule is COc1ccc2nc(CCl)n(C3(C)CCCCC3)c2n1. The molecule has 0 saturated heterocycles. The maximum absolute atomic E-state index is 6.12. The molecule has 0 bridgehead atoms. The average Bonchev–Trinajstić information content (AvgIpc) is 2.86. The fourth-order valence-corrected chi connectivity index (χ4v) is 3.47. The fraction of sp³-hybridized carbons (Fsp3) is 0.600. The van der Waals surface area contributed by atoms with Gasteiger partial charge in [-0.2, -0.15) is 4.98 Å². The number of pyridine rings is 1. The lowest BCUT2D eigenvalue weighted by Gasteiger charge is -2.36. The number of aromatic nitrogens is 3. The van der Waals surface area contributed by atoms with Gasteiger partial charge in [-0.05, 0) is 25.8 Å². The van der Waals surface area contributed by atoms with Crippen LogP contribution in [-0.2, 0) is 11.4 Å². The highest BCUT2D eigenvalue weighted by Crippen LogP contribution is 2.38. The molecule has 0 aliphatic heterocycles. The molecule has 5 heteroatoms. The number of imidazole rings is 1. The van der Waals surface area contributed by atoms with Gasteiger partial charge in [0.2, 0.25) is 5.88 Å². The number of rotatable bonds is 3. The highest BCUT2D eigenvalue weighted by molar-refractivity contribution is 6.16. The van der Waals surface area contributed by atoms with Gasteiger partial charge in [0.05, 0.1) is 13.0 Å². The molecule has 0 aromatic carbocycles. The van der Waals surface area contributed by atoms with Gasteiger partial charge in [-0.15, -0.1) is 11.6 Å². The minimum atomic E-state index is 0.0661. The van der Waals surface area contributed by atoms with Crippen LogP contribution in [-0.4, -0.2) is 21.6 Å². The van der Waals surface area contributed by atoms with Crippen molar-refractivity contribution in [2.45, 2.75) is 50.4 Å². The number of methoxy groups -OCH3 is 1. The zero-order chi connectivity index (χ0) is 14.2. The van der Waals surface area contributed by atoms with Crippen LogP contribution in [0.2, 0.25) is 0 Å². The smallest absolute Gasteiger partial charge is 0.215 e. The molecule has 0 atom stereocenters. The van der Waals surface area contributed by atoms with Crippen molar-refractivity contribution in [2.24, 2.45) is 0 Å². The summed E-state index contributed by atoms with van der Waals surface area (Å²) in [4.78, 5) is 9.24. The van der Waals surface area contributed by atoms with Crippen LogP contribution in [0.25, 0.3) is 11.2 Å². The second kappa shape index (κ2) is 5.24. The molecule has 1 aliphatic rings. The van der Waals surface area contributed by atoms with Gasteiger partial charge in [-0.25, -0.2) is 4.98 Å². The molecule has 3 rings (SSSR count). The molecule has 1 aliphatic carbocycles. The summed E-state index contributed by atoms with van der Waals surface area (Å²) in [7, 11) is 1.64. The maximum atomic E-state index is 6.12. The molecule has 0 radical (unpaired) electrons. The van der Waals surface area contributed by atoms with E-state index in [9.17, 15) is 0 Å². The highest BCUT2D eigenvalue weighted by atomic mass is 35.5. The quantitative estimate of drug-likeness (QED) is 0.807. The van der Waals surface area contributed by atoms with Crippen LogP contribution in [0.15, 0.2) is 12.1 Å². The first kappa shape index (κ1) is 13.7. The van der Waals surface area contributed by atoms with Crippen LogP contribution < -0.4 is 4.74 Å². The van der Waals surface area contributed by atoms with Crippen molar-refractivity contribution >= 4 is 22.8 Å². The molecular formula is C15H20ClN3O. The molecule has 108 valence electrons. The van der Waals surface area contributed by atoms with E-state index in [-0.39, 0.29) is 5.54 Å². The van der Waals surface area contributed by atoms with Gasteiger partial charge >= 0.3 is 0 Å². The summed E-state index contributed by atoms with van der Waals surface area (Å²) in [6, 6.07) is 3.81. The van der Waals surface area contributed by atoms with E-state index in [0.717, 1.165) is 29.8 Å². The van der Waals surface area contributed by atoms with Gasteiger partial charge in [0.15, 0.2) is 5.65 Å². The molecule has 1 fully saturated rings. The number of alkyl halides is 1. The third-order valence-corrected chi connectivity index (χ3v) is 4.59. The Morgan fingerprint density at radius 1 is 1.25 bits per heavy atom. The van der Waals surface area contributed by atoms with Gasteiger partial charge in [0.25, 0.3) is 0 Å². The Hall–Kier alpha value is -1.29. The summed E-state index contributed by atoms with van der Waals surface area (Å²) in [5.74, 6) is 1.94. The van der Waals surface area contributed by atoms with Gasteiger partial charge < -0.3 is 9.30 Å². The van der Waals surface area contributed by atoms with Gasteiger partial charge in [0, 0.05) is 11.6 Å². The molecular weight excluding hydrogens is 274 g/mol. The van der Waals surface area contributed by atoms with E-state index in [1.54, 1.807) is 7.11 Å². The third-order valence-electron chi connectivity index (χ3n) is 4.35. The highest BCUT2D eigenvalue weighted by Gasteiger charge is 2.32. The van der Waals surface area contributed by atoms with Crippen molar-refractivity contribution in [2.75, 3.05) is 7.11 Å². The molecule has 2 heterocycles. The van der Waals surface area contributed by atoms with Gasteiger partial charge in [0.1, 0.15) is 11.3 Å². The van der Waals surface area contributed by atoms with Crippen LogP contribution >= 0.6 is 11.6 Å². The van der Waals surface area contributed by atoms with Crippen LogP contribution in [0.1, 0.15) is 44.9 Å². The molecule has 0 N–H and O–H groups in total. The molecule has 1 saturated carbocycles. The summed E-state index contributed by atoms with van der Waals surface area (Å²) in [5.41, 5.74) is 1.86. The first-order chi connectivity index (χ1) is 9.68. The van der Waals surface area contributed by atoms with Crippen molar-refractivity contribution in [3.63, 3.8) is 0 Å². The van der Waals surface area contributed by atoms with Crippen LogP contribution in [0, 0.1) is 0 Å². The molecule has 20 heavy (non-hydrogen) atoms. The number of hydrogen-bond donors (Lipinski definition) is 0. The Kier molecular flexibility index (Phi) is 3.59. The number of fused-ring (bicyclic) bond motifs is 1. The largest absolute Gasteiger partial charge is 0.481 e. The van der Waals surface area contributed by atoms with E-state index in [0.29, 0.717) is 11.8 Å². The second-order valence-corrected chi connectivity index (χ2v) is 6.02. The predicted octanol–water partition coefficient (Wildman–Crippen LogP) is 3.86. The van der Waals surface area contributed by atoms with Crippen molar-refractivity contribution in [3.8, 4) is 5.88 Å². The Labute approximate surface area is 124 Å². The zero-order valence-electron chi connectivity index (χ0n) is 12.0. The Balaban J connectivity index is 2.20. The summed E-state index contributed by atoms with van der Waals surface area (Å²) < 4.78 is 7.50. The van der Waals surface area contributed by atoms with Crippen molar-refractivity contribution < 1.29 is 4.74 Å². The summed E-state index contributed by atoms with van der Waals surface area (Å²) in [6.45, 7) is 2.30. The van der Waals surface area contributed by atoms with E-state index in [4.69, 9.17) is 16.3 Å². The second-order valence-electron chi connectivity index (χ2n) is 5.75. The van der Waals surface area contributed by atoms with E-state index in [1.807, 2.05) is 12.1 Å². The Morgan fingerprint density at radius 2 is 2.00 bits per heavy atom. The predicted molar refractivity (Wildman–Crippen MR) is 80.4 cm³/mol. The zero-order valence-corrected chi connectivity index (χ0v) is 12.8. The lowest BCUT2D eigenvalue weighted by atomic mass is 9.83. The van der Waals surface area contributed by atoms with Crippen molar-refractivity contribution in [3.05, 3.63) is 18.0 Å². The molecule has 4 nitrogen and oxygen atoms in total. The summed E-state index contributed by atoms with van der Waals surface area (Å²) in [5, 5.41) is 0. The fourth-order valence-electron chi connectivity index (χ4n) is 3.29. The number of ether oxygens (including phenoxy) is 1. The molecule has 0 unspecified atom stereocenters. The average molecular weight is 294 g/mol. The Bertz CT molecular complexity index is 617. The van der Waals surface area contributed by atoms with Crippen LogP contribution in [0.4, 0.5) is 0 Å². The number of halogens is 1. The first-order valence-electron chi connectivity index (χ1n) is 7.17. The molecule has 2 aromatic heterocycles. The van der Waals surface area contributed by atoms with Crippen LogP contribution in [0.3, 0.4) is 0 Å². The van der Waals surface area contributed by atoms with E-state index >= 15 is 0 Å². The first-order valence-corrected chi connectivity index (χ1v) is 7.70. The number of hydrogen-bond acceptors (Lipinski definition) is 3. The summed E-state index contributed by atoms with van der Waals surface area (Å²) >= 11 is 6.12. The minimum absolute atomic E-state index is 0.0661. The number of nitrogens with zero attached hydrogens (tertiary/aromatic N) is 3. The lowest BCUT2D eigenvalue weighted by molar-refractivity contribution is 0.219.